The van der Waals surface area contributed by atoms with Crippen molar-refractivity contribution in [3.8, 4) is 0 Å². The molecule has 0 bridgehead atoms. The first-order valence-corrected chi connectivity index (χ1v) is 6.76. The zero-order chi connectivity index (χ0) is 14.4. The molecular formula is C17H19NO2. The second kappa shape index (κ2) is 6.75. The van der Waals surface area contributed by atoms with Gasteiger partial charge in [-0.15, -0.1) is 0 Å². The van der Waals surface area contributed by atoms with Gasteiger partial charge in [0.15, 0.2) is 0 Å². The summed E-state index contributed by atoms with van der Waals surface area (Å²) in [6, 6.07) is 15.7. The molecule has 104 valence electrons. The van der Waals surface area contributed by atoms with Crippen LogP contribution in [0.1, 0.15) is 28.4 Å². The summed E-state index contributed by atoms with van der Waals surface area (Å²) in [4.78, 5) is 11.9. The first kappa shape index (κ1) is 14.1. The van der Waals surface area contributed by atoms with E-state index in [0.717, 1.165) is 5.69 Å². The van der Waals surface area contributed by atoms with Crippen LogP contribution in [0.2, 0.25) is 0 Å². The second-order valence-electron chi connectivity index (χ2n) is 4.61. The third kappa shape index (κ3) is 3.60. The molecule has 2 aromatic carbocycles. The van der Waals surface area contributed by atoms with Crippen LogP contribution < -0.4 is 5.32 Å². The number of hydrogen-bond donors (Lipinski definition) is 1. The predicted molar refractivity (Wildman–Crippen MR) is 80.9 cm³/mol. The number of ether oxygens (including phenoxy) is 1. The predicted octanol–water partition coefficient (Wildman–Crippen LogP) is 3.78. The lowest BCUT2D eigenvalue weighted by Crippen LogP contribution is -2.09. The zero-order valence-electron chi connectivity index (χ0n) is 11.8. The fourth-order valence-corrected chi connectivity index (χ4v) is 1.93. The normalized spacial score (nSPS) is 10.1. The maximum absolute atomic E-state index is 11.9. The number of para-hydroxylation sites is 1. The number of carbonyl (C=O) groups is 1. The Labute approximate surface area is 119 Å². The summed E-state index contributed by atoms with van der Waals surface area (Å²) in [5.74, 6) is -0.292. The SMILES string of the molecule is CCOC(=O)c1ccccc1NCc1ccc(C)cc1. The van der Waals surface area contributed by atoms with Gasteiger partial charge in [0.1, 0.15) is 0 Å². The van der Waals surface area contributed by atoms with E-state index in [4.69, 9.17) is 4.74 Å². The number of benzene rings is 2. The topological polar surface area (TPSA) is 38.3 Å². The average molecular weight is 269 g/mol. The van der Waals surface area contributed by atoms with E-state index in [0.29, 0.717) is 18.7 Å². The van der Waals surface area contributed by atoms with Crippen molar-refractivity contribution in [2.75, 3.05) is 11.9 Å². The Balaban J connectivity index is 2.09. The molecule has 0 amide bonds. The third-order valence-corrected chi connectivity index (χ3v) is 3.03. The van der Waals surface area contributed by atoms with Crippen molar-refractivity contribution in [3.05, 3.63) is 65.2 Å². The van der Waals surface area contributed by atoms with E-state index in [1.165, 1.54) is 11.1 Å². The summed E-state index contributed by atoms with van der Waals surface area (Å²) in [6.07, 6.45) is 0. The fourth-order valence-electron chi connectivity index (χ4n) is 1.93. The maximum Gasteiger partial charge on any atom is 0.340 e. The van der Waals surface area contributed by atoms with E-state index in [2.05, 4.69) is 36.5 Å². The quantitative estimate of drug-likeness (QED) is 0.839. The maximum atomic E-state index is 11.9. The number of esters is 1. The third-order valence-electron chi connectivity index (χ3n) is 3.03. The van der Waals surface area contributed by atoms with Gasteiger partial charge in [-0.2, -0.15) is 0 Å². The van der Waals surface area contributed by atoms with Crippen LogP contribution in [-0.2, 0) is 11.3 Å². The van der Waals surface area contributed by atoms with Crippen LogP contribution in [0.3, 0.4) is 0 Å². The molecule has 0 aliphatic heterocycles. The van der Waals surface area contributed by atoms with E-state index >= 15 is 0 Å². The van der Waals surface area contributed by atoms with Crippen molar-refractivity contribution in [1.82, 2.24) is 0 Å². The summed E-state index contributed by atoms with van der Waals surface area (Å²) in [5, 5.41) is 3.29. The Morgan fingerprint density at radius 2 is 1.80 bits per heavy atom. The van der Waals surface area contributed by atoms with Crippen LogP contribution in [0.15, 0.2) is 48.5 Å². The van der Waals surface area contributed by atoms with Crippen LogP contribution >= 0.6 is 0 Å². The van der Waals surface area contributed by atoms with Crippen molar-refractivity contribution in [2.24, 2.45) is 0 Å². The molecule has 3 nitrogen and oxygen atoms in total. The summed E-state index contributed by atoms with van der Waals surface area (Å²) < 4.78 is 5.06. The van der Waals surface area contributed by atoms with Crippen LogP contribution in [0, 0.1) is 6.92 Å². The Hall–Kier alpha value is -2.29. The van der Waals surface area contributed by atoms with Gasteiger partial charge in [-0.3, -0.25) is 0 Å². The van der Waals surface area contributed by atoms with Gasteiger partial charge in [0.05, 0.1) is 12.2 Å². The molecule has 20 heavy (non-hydrogen) atoms. The standard InChI is InChI=1S/C17H19NO2/c1-3-20-17(19)15-6-4-5-7-16(15)18-12-14-10-8-13(2)9-11-14/h4-11,18H,3,12H2,1-2H3. The molecule has 0 heterocycles. The lowest BCUT2D eigenvalue weighted by Gasteiger charge is -2.11. The van der Waals surface area contributed by atoms with Gasteiger partial charge in [0, 0.05) is 12.2 Å². The van der Waals surface area contributed by atoms with E-state index < -0.39 is 0 Å². The minimum atomic E-state index is -0.292. The summed E-state index contributed by atoms with van der Waals surface area (Å²) >= 11 is 0. The van der Waals surface area contributed by atoms with Crippen molar-refractivity contribution in [1.29, 1.82) is 0 Å². The molecule has 1 N–H and O–H groups in total. The fraction of sp³-hybridized carbons (Fsp3) is 0.235. The minimum Gasteiger partial charge on any atom is -0.462 e. The number of hydrogen-bond acceptors (Lipinski definition) is 3. The molecule has 0 unspecified atom stereocenters. The molecule has 3 heteroatoms. The highest BCUT2D eigenvalue weighted by Crippen LogP contribution is 2.17. The lowest BCUT2D eigenvalue weighted by molar-refractivity contribution is 0.0527. The van der Waals surface area contributed by atoms with Crippen LogP contribution in [0.5, 0.6) is 0 Å². The molecule has 2 rings (SSSR count). The minimum absolute atomic E-state index is 0.292. The molecule has 0 aliphatic rings. The smallest absolute Gasteiger partial charge is 0.340 e. The molecule has 0 radical (unpaired) electrons. The highest BCUT2D eigenvalue weighted by Gasteiger charge is 2.11. The van der Waals surface area contributed by atoms with Gasteiger partial charge in [-0.1, -0.05) is 42.0 Å². The van der Waals surface area contributed by atoms with Gasteiger partial charge in [0.2, 0.25) is 0 Å². The lowest BCUT2D eigenvalue weighted by atomic mass is 10.1. The number of anilines is 1. The average Bonchev–Trinajstić information content (AvgIpc) is 2.47. The second-order valence-corrected chi connectivity index (χ2v) is 4.61. The van der Waals surface area contributed by atoms with Crippen LogP contribution in [0.25, 0.3) is 0 Å². The molecule has 0 aliphatic carbocycles. The van der Waals surface area contributed by atoms with Gasteiger partial charge in [-0.25, -0.2) is 4.79 Å². The summed E-state index contributed by atoms with van der Waals surface area (Å²) in [5.41, 5.74) is 3.78. The first-order chi connectivity index (χ1) is 9.70. The largest absolute Gasteiger partial charge is 0.462 e. The monoisotopic (exact) mass is 269 g/mol. The molecular weight excluding hydrogens is 250 g/mol. The molecule has 0 fully saturated rings. The van der Waals surface area contributed by atoms with E-state index in [1.54, 1.807) is 13.0 Å². The summed E-state index contributed by atoms with van der Waals surface area (Å²) in [7, 11) is 0. The van der Waals surface area contributed by atoms with Crippen molar-refractivity contribution in [3.63, 3.8) is 0 Å². The van der Waals surface area contributed by atoms with Gasteiger partial charge >= 0.3 is 5.97 Å². The Bertz CT molecular complexity index is 576. The molecule has 0 saturated heterocycles. The Morgan fingerprint density at radius 3 is 2.50 bits per heavy atom. The molecule has 0 aromatic heterocycles. The highest BCUT2D eigenvalue weighted by atomic mass is 16.5. The van der Waals surface area contributed by atoms with Gasteiger partial charge in [0.25, 0.3) is 0 Å². The zero-order valence-corrected chi connectivity index (χ0v) is 11.8. The molecule has 0 saturated carbocycles. The van der Waals surface area contributed by atoms with Crippen molar-refractivity contribution >= 4 is 11.7 Å². The number of aryl methyl sites for hydroxylation is 1. The summed E-state index contributed by atoms with van der Waals surface area (Å²) in [6.45, 7) is 4.93. The van der Waals surface area contributed by atoms with Crippen LogP contribution in [-0.4, -0.2) is 12.6 Å². The number of nitrogens with one attached hydrogen (secondary N) is 1. The van der Waals surface area contributed by atoms with Gasteiger partial charge in [-0.05, 0) is 31.5 Å². The highest BCUT2D eigenvalue weighted by molar-refractivity contribution is 5.95. The number of rotatable bonds is 5. The van der Waals surface area contributed by atoms with E-state index in [9.17, 15) is 4.79 Å². The van der Waals surface area contributed by atoms with E-state index in [1.807, 2.05) is 18.2 Å². The Kier molecular flexibility index (Phi) is 4.77. The molecule has 0 spiro atoms. The van der Waals surface area contributed by atoms with E-state index in [-0.39, 0.29) is 5.97 Å². The Morgan fingerprint density at radius 1 is 1.10 bits per heavy atom. The molecule has 2 aromatic rings. The molecule has 0 atom stereocenters. The van der Waals surface area contributed by atoms with Crippen molar-refractivity contribution < 1.29 is 9.53 Å². The number of carbonyl (C=O) groups excluding carboxylic acids is 1. The van der Waals surface area contributed by atoms with Crippen LogP contribution in [0.4, 0.5) is 5.69 Å². The van der Waals surface area contributed by atoms with Gasteiger partial charge < -0.3 is 10.1 Å². The first-order valence-electron chi connectivity index (χ1n) is 6.76. The van der Waals surface area contributed by atoms with Crippen molar-refractivity contribution in [2.45, 2.75) is 20.4 Å².